The van der Waals surface area contributed by atoms with Crippen LogP contribution in [-0.2, 0) is 13.1 Å². The van der Waals surface area contributed by atoms with Crippen molar-refractivity contribution in [2.45, 2.75) is 20.0 Å². The molecule has 0 aliphatic carbocycles. The number of amides is 1. The average Bonchev–Trinajstić information content (AvgIpc) is 3.33. The molecule has 1 fully saturated rings. The van der Waals surface area contributed by atoms with Crippen molar-refractivity contribution < 1.29 is 9.53 Å². The molecular weight excluding hydrogens is 424 g/mol. The van der Waals surface area contributed by atoms with Crippen molar-refractivity contribution in [2.24, 2.45) is 0 Å². The van der Waals surface area contributed by atoms with Crippen molar-refractivity contribution >= 4 is 22.9 Å². The molecule has 32 heavy (non-hydrogen) atoms. The summed E-state index contributed by atoms with van der Waals surface area (Å²) in [7, 11) is 0. The van der Waals surface area contributed by atoms with Crippen LogP contribution in [0.25, 0.3) is 0 Å². The zero-order valence-electron chi connectivity index (χ0n) is 18.2. The van der Waals surface area contributed by atoms with Gasteiger partial charge < -0.3 is 19.9 Å². The molecule has 2 aromatic heterocycles. The molecule has 168 valence electrons. The Kier molecular flexibility index (Phi) is 7.24. The number of aromatic nitrogens is 1. The third kappa shape index (κ3) is 5.38. The first-order valence-corrected chi connectivity index (χ1v) is 11.8. The number of H-pyrrole nitrogens is 1. The van der Waals surface area contributed by atoms with Crippen molar-refractivity contribution in [3.63, 3.8) is 0 Å². The Bertz CT molecular complexity index is 1090. The first-order valence-electron chi connectivity index (χ1n) is 10.8. The van der Waals surface area contributed by atoms with Crippen molar-refractivity contribution in [3.8, 4) is 5.75 Å². The summed E-state index contributed by atoms with van der Waals surface area (Å²) in [4.78, 5) is 32.3. The van der Waals surface area contributed by atoms with Gasteiger partial charge >= 0.3 is 0 Å². The Labute approximate surface area is 191 Å². The number of rotatable bonds is 8. The summed E-state index contributed by atoms with van der Waals surface area (Å²) in [5.41, 5.74) is 2.75. The lowest BCUT2D eigenvalue weighted by Gasteiger charge is -2.36. The second-order valence-electron chi connectivity index (χ2n) is 7.70. The van der Waals surface area contributed by atoms with Crippen LogP contribution in [0, 0.1) is 0 Å². The van der Waals surface area contributed by atoms with E-state index in [9.17, 15) is 9.59 Å². The number of benzene rings is 1. The van der Waals surface area contributed by atoms with E-state index in [1.165, 1.54) is 0 Å². The molecule has 0 spiro atoms. The van der Waals surface area contributed by atoms with Crippen LogP contribution in [0.3, 0.4) is 0 Å². The number of nitrogens with one attached hydrogen (secondary N) is 2. The molecule has 3 aromatic rings. The molecular formula is C24H28N4O3S. The normalized spacial score (nSPS) is 14.3. The quantitative estimate of drug-likeness (QED) is 0.549. The molecule has 7 nitrogen and oxygen atoms in total. The number of pyridine rings is 1. The molecule has 2 N–H and O–H groups in total. The SMILES string of the molecule is CCOc1ccccc1N1CCN(Cc2ccc(C(=O)NCc3ccsc3)c(=O)[nH]2)CC1. The second kappa shape index (κ2) is 10.5. The van der Waals surface area contributed by atoms with Gasteiger partial charge in [-0.05, 0) is 53.6 Å². The van der Waals surface area contributed by atoms with Gasteiger partial charge in [-0.25, -0.2) is 0 Å². The first-order chi connectivity index (χ1) is 15.6. The lowest BCUT2D eigenvalue weighted by molar-refractivity contribution is 0.0949. The number of carbonyl (C=O) groups excluding carboxylic acids is 1. The van der Waals surface area contributed by atoms with Gasteiger partial charge in [-0.15, -0.1) is 0 Å². The van der Waals surface area contributed by atoms with Crippen molar-refractivity contribution in [1.82, 2.24) is 15.2 Å². The molecule has 8 heteroatoms. The average molecular weight is 453 g/mol. The Balaban J connectivity index is 1.32. The summed E-state index contributed by atoms with van der Waals surface area (Å²) in [5.74, 6) is 0.561. The highest BCUT2D eigenvalue weighted by Gasteiger charge is 2.20. The summed E-state index contributed by atoms with van der Waals surface area (Å²) in [5, 5.41) is 6.73. The van der Waals surface area contributed by atoms with E-state index in [1.54, 1.807) is 17.4 Å². The number of anilines is 1. The zero-order valence-corrected chi connectivity index (χ0v) is 19.0. The minimum atomic E-state index is -0.356. The van der Waals surface area contributed by atoms with Gasteiger partial charge in [0.2, 0.25) is 0 Å². The first kappa shape index (κ1) is 22.1. The van der Waals surface area contributed by atoms with Gasteiger partial charge in [0, 0.05) is 45.0 Å². The Hall–Kier alpha value is -3.10. The molecule has 1 aliphatic heterocycles. The molecule has 4 rings (SSSR count). The number of thiophene rings is 1. The Morgan fingerprint density at radius 2 is 1.94 bits per heavy atom. The fourth-order valence-electron chi connectivity index (χ4n) is 3.84. The predicted octanol–water partition coefficient (Wildman–Crippen LogP) is 3.09. The van der Waals surface area contributed by atoms with E-state index < -0.39 is 0 Å². The monoisotopic (exact) mass is 452 g/mol. The molecule has 1 amide bonds. The summed E-state index contributed by atoms with van der Waals surface area (Å²) in [6, 6.07) is 13.5. The second-order valence-corrected chi connectivity index (χ2v) is 8.48. The van der Waals surface area contributed by atoms with Crippen LogP contribution in [-0.4, -0.2) is 48.6 Å². The molecule has 0 bridgehead atoms. The van der Waals surface area contributed by atoms with Crippen LogP contribution in [0.1, 0.15) is 28.5 Å². The summed E-state index contributed by atoms with van der Waals surface area (Å²) >= 11 is 1.58. The molecule has 0 saturated carbocycles. The van der Waals surface area contributed by atoms with Crippen LogP contribution < -0.4 is 20.5 Å². The van der Waals surface area contributed by atoms with Crippen molar-refractivity contribution in [3.05, 3.63) is 80.4 Å². The third-order valence-electron chi connectivity index (χ3n) is 5.52. The van der Waals surface area contributed by atoms with E-state index >= 15 is 0 Å². The van der Waals surface area contributed by atoms with E-state index in [0.29, 0.717) is 19.7 Å². The number of hydrogen-bond acceptors (Lipinski definition) is 6. The minimum absolute atomic E-state index is 0.140. The minimum Gasteiger partial charge on any atom is -0.492 e. The molecule has 1 saturated heterocycles. The van der Waals surface area contributed by atoms with Gasteiger partial charge in [-0.3, -0.25) is 14.5 Å². The molecule has 0 unspecified atom stereocenters. The van der Waals surface area contributed by atoms with E-state index in [4.69, 9.17) is 4.74 Å². The fraction of sp³-hybridized carbons (Fsp3) is 0.333. The number of piperazine rings is 1. The maximum Gasteiger partial charge on any atom is 0.261 e. The topological polar surface area (TPSA) is 77.7 Å². The summed E-state index contributed by atoms with van der Waals surface area (Å²) in [6.07, 6.45) is 0. The highest BCUT2D eigenvalue weighted by atomic mass is 32.1. The molecule has 1 aromatic carbocycles. The number of ether oxygens (including phenoxy) is 1. The molecule has 0 atom stereocenters. The van der Waals surface area contributed by atoms with Crippen LogP contribution in [0.5, 0.6) is 5.75 Å². The predicted molar refractivity (Wildman–Crippen MR) is 128 cm³/mol. The van der Waals surface area contributed by atoms with Crippen LogP contribution in [0.4, 0.5) is 5.69 Å². The highest BCUT2D eigenvalue weighted by molar-refractivity contribution is 7.07. The third-order valence-corrected chi connectivity index (χ3v) is 6.25. The largest absolute Gasteiger partial charge is 0.492 e. The lowest BCUT2D eigenvalue weighted by atomic mass is 10.2. The smallest absolute Gasteiger partial charge is 0.261 e. The maximum atomic E-state index is 12.5. The van der Waals surface area contributed by atoms with Crippen molar-refractivity contribution in [2.75, 3.05) is 37.7 Å². The highest BCUT2D eigenvalue weighted by Crippen LogP contribution is 2.28. The molecule has 1 aliphatic rings. The number of aromatic amines is 1. The summed E-state index contributed by atoms with van der Waals surface area (Å²) in [6.45, 7) is 7.24. The van der Waals surface area contributed by atoms with Gasteiger partial charge in [0.15, 0.2) is 0 Å². The van der Waals surface area contributed by atoms with Crippen LogP contribution in [0.2, 0.25) is 0 Å². The fourth-order valence-corrected chi connectivity index (χ4v) is 4.51. The lowest BCUT2D eigenvalue weighted by Crippen LogP contribution is -2.46. The number of carbonyl (C=O) groups is 1. The van der Waals surface area contributed by atoms with Gasteiger partial charge in [0.25, 0.3) is 11.5 Å². The Morgan fingerprint density at radius 1 is 1.12 bits per heavy atom. The zero-order chi connectivity index (χ0) is 22.3. The standard InChI is InChI=1S/C24H28N4O3S/c1-2-31-22-6-4-3-5-21(22)28-12-10-27(11-13-28)16-19-7-8-20(24(30)26-19)23(29)25-15-18-9-14-32-17-18/h3-9,14,17H,2,10-13,15-16H2,1H3,(H,25,29)(H,26,30). The number of para-hydroxylation sites is 2. The van der Waals surface area contributed by atoms with E-state index in [-0.39, 0.29) is 17.0 Å². The van der Waals surface area contributed by atoms with Gasteiger partial charge in [-0.1, -0.05) is 12.1 Å². The number of hydrogen-bond donors (Lipinski definition) is 2. The van der Waals surface area contributed by atoms with E-state index in [1.807, 2.05) is 48.0 Å². The Morgan fingerprint density at radius 3 is 2.66 bits per heavy atom. The van der Waals surface area contributed by atoms with E-state index in [2.05, 4.69) is 26.2 Å². The van der Waals surface area contributed by atoms with Crippen LogP contribution >= 0.6 is 11.3 Å². The van der Waals surface area contributed by atoms with Gasteiger partial charge in [0.1, 0.15) is 11.3 Å². The van der Waals surface area contributed by atoms with Crippen LogP contribution in [0.15, 0.2) is 58.0 Å². The maximum absolute atomic E-state index is 12.5. The number of nitrogens with zero attached hydrogens (tertiary/aromatic N) is 2. The van der Waals surface area contributed by atoms with Crippen molar-refractivity contribution in [1.29, 1.82) is 0 Å². The van der Waals surface area contributed by atoms with Gasteiger partial charge in [0.05, 0.1) is 12.3 Å². The van der Waals surface area contributed by atoms with Gasteiger partial charge in [-0.2, -0.15) is 11.3 Å². The van der Waals surface area contributed by atoms with E-state index in [0.717, 1.165) is 48.9 Å². The molecule has 0 radical (unpaired) electrons. The summed E-state index contributed by atoms with van der Waals surface area (Å²) < 4.78 is 5.77. The molecule has 3 heterocycles.